The number of piperidine rings is 1. The molecule has 3 unspecified atom stereocenters. The molecule has 166 valence electrons. The molecule has 3 fully saturated rings. The molecule has 3 aliphatic carbocycles. The molecule has 32 heavy (non-hydrogen) atoms. The molecule has 7 rings (SSSR count). The van der Waals surface area contributed by atoms with Crippen molar-refractivity contribution in [2.75, 3.05) is 0 Å². The molecular formula is C25H29N5OS. The summed E-state index contributed by atoms with van der Waals surface area (Å²) in [6.45, 7) is 4.93. The molecule has 7 heteroatoms. The van der Waals surface area contributed by atoms with Crippen LogP contribution in [0.25, 0.3) is 16.3 Å². The Kier molecular flexibility index (Phi) is 3.84. The van der Waals surface area contributed by atoms with Gasteiger partial charge in [-0.15, -0.1) is 11.3 Å². The Morgan fingerprint density at radius 2 is 2.09 bits per heavy atom. The maximum Gasteiger partial charge on any atom is 0.252 e. The largest absolute Gasteiger partial charge is 0.353 e. The van der Waals surface area contributed by atoms with Crippen LogP contribution in [0, 0.1) is 23.2 Å². The van der Waals surface area contributed by atoms with E-state index >= 15 is 0 Å². The summed E-state index contributed by atoms with van der Waals surface area (Å²) < 4.78 is 1.96. The van der Waals surface area contributed by atoms with Crippen molar-refractivity contribution in [3.05, 3.63) is 35.1 Å². The van der Waals surface area contributed by atoms with Gasteiger partial charge in [-0.1, -0.05) is 19.9 Å². The summed E-state index contributed by atoms with van der Waals surface area (Å²) in [7, 11) is 0. The minimum atomic E-state index is 0.0946. The van der Waals surface area contributed by atoms with Gasteiger partial charge in [-0.3, -0.25) is 4.79 Å². The van der Waals surface area contributed by atoms with E-state index in [0.717, 1.165) is 25.0 Å². The highest BCUT2D eigenvalue weighted by atomic mass is 32.1. The quantitative estimate of drug-likeness (QED) is 0.601. The Hall–Kier alpha value is -2.28. The van der Waals surface area contributed by atoms with Crippen molar-refractivity contribution in [1.82, 2.24) is 24.9 Å². The van der Waals surface area contributed by atoms with Crippen LogP contribution in [0.2, 0.25) is 0 Å². The fourth-order valence-electron chi connectivity index (χ4n) is 8.12. The van der Waals surface area contributed by atoms with Gasteiger partial charge in [0.15, 0.2) is 0 Å². The number of hydrogen-bond donors (Lipinski definition) is 1. The minimum Gasteiger partial charge on any atom is -0.353 e. The minimum absolute atomic E-state index is 0.0946. The number of rotatable bonds is 1. The van der Waals surface area contributed by atoms with Gasteiger partial charge >= 0.3 is 0 Å². The van der Waals surface area contributed by atoms with Crippen molar-refractivity contribution in [2.45, 2.75) is 70.3 Å². The van der Waals surface area contributed by atoms with Gasteiger partial charge in [0.2, 0.25) is 5.91 Å². The molecule has 3 aromatic rings. The molecule has 3 aromatic heterocycles. The van der Waals surface area contributed by atoms with Gasteiger partial charge in [-0.05, 0) is 73.1 Å². The number of fused-ring (bicyclic) bond motifs is 8. The summed E-state index contributed by atoms with van der Waals surface area (Å²) in [5, 5.41) is 10.1. The van der Waals surface area contributed by atoms with Gasteiger partial charge in [0.05, 0.1) is 16.3 Å². The molecule has 4 heterocycles. The zero-order valence-corrected chi connectivity index (χ0v) is 19.5. The molecular weight excluding hydrogens is 418 g/mol. The predicted molar refractivity (Wildman–Crippen MR) is 123 cm³/mol. The second-order valence-corrected chi connectivity index (χ2v) is 11.9. The first-order valence-corrected chi connectivity index (χ1v) is 12.9. The Balaban J connectivity index is 1.34. The van der Waals surface area contributed by atoms with Gasteiger partial charge in [0.25, 0.3) is 5.78 Å². The first kappa shape index (κ1) is 19.2. The van der Waals surface area contributed by atoms with Crippen LogP contribution in [-0.2, 0) is 16.6 Å². The monoisotopic (exact) mass is 447 g/mol. The summed E-state index contributed by atoms with van der Waals surface area (Å²) in [6.07, 6.45) is 9.16. The van der Waals surface area contributed by atoms with E-state index in [9.17, 15) is 4.79 Å². The topological polar surface area (TPSA) is 72.2 Å². The van der Waals surface area contributed by atoms with E-state index in [4.69, 9.17) is 4.98 Å². The molecule has 1 aliphatic heterocycles. The third-order valence-corrected chi connectivity index (χ3v) is 10.6. The summed E-state index contributed by atoms with van der Waals surface area (Å²) in [5.74, 6) is 2.95. The van der Waals surface area contributed by atoms with E-state index in [-0.39, 0.29) is 16.7 Å². The standard InChI is InChI=1S/C25H29N5OS/c1-24-10-8-20(31)28-19(24)6-5-14-16(24)7-9-25(2)17(14)12-15-21(18-4-3-11-32-18)30-23(26-13-27-30)29-22(15)25/h3-4,11,13-14,16-17,19H,5-10,12H2,1-2H3,(H,28,31)/t14?,16?,17?,19-,24-,25+/m1/s1. The number of amides is 1. The van der Waals surface area contributed by atoms with Crippen molar-refractivity contribution in [3.63, 3.8) is 0 Å². The average molecular weight is 448 g/mol. The SMILES string of the molecule is C[C@]12CCC3C(CC[C@H]4NC(=O)CC[C@]34C)C1Cc1c2nc2ncnn2c1-c1cccs1. The van der Waals surface area contributed by atoms with Crippen molar-refractivity contribution in [1.29, 1.82) is 0 Å². The second-order valence-electron chi connectivity index (χ2n) is 11.0. The number of hydrogen-bond acceptors (Lipinski definition) is 5. The molecule has 6 atom stereocenters. The first-order chi connectivity index (χ1) is 15.5. The van der Waals surface area contributed by atoms with Crippen molar-refractivity contribution in [2.24, 2.45) is 23.2 Å². The lowest BCUT2D eigenvalue weighted by atomic mass is 9.47. The molecule has 0 aromatic carbocycles. The number of nitrogens with one attached hydrogen (secondary N) is 1. The molecule has 1 saturated heterocycles. The maximum absolute atomic E-state index is 12.1. The highest BCUT2D eigenvalue weighted by Crippen LogP contribution is 2.63. The third kappa shape index (κ3) is 2.35. The Labute approximate surface area is 191 Å². The number of carbonyl (C=O) groups excluding carboxylic acids is 1. The zero-order valence-electron chi connectivity index (χ0n) is 18.7. The van der Waals surface area contributed by atoms with E-state index in [1.165, 1.54) is 41.1 Å². The number of thiophene rings is 1. The Morgan fingerprint density at radius 3 is 2.94 bits per heavy atom. The van der Waals surface area contributed by atoms with Crippen LogP contribution in [0.1, 0.15) is 63.6 Å². The van der Waals surface area contributed by atoms with Crippen LogP contribution in [0.15, 0.2) is 23.8 Å². The molecule has 0 radical (unpaired) electrons. The predicted octanol–water partition coefficient (Wildman–Crippen LogP) is 4.39. The van der Waals surface area contributed by atoms with Crippen LogP contribution in [0.3, 0.4) is 0 Å². The van der Waals surface area contributed by atoms with E-state index in [1.807, 2.05) is 4.52 Å². The molecule has 0 bridgehead atoms. The lowest BCUT2D eigenvalue weighted by Gasteiger charge is -2.59. The van der Waals surface area contributed by atoms with Gasteiger partial charge in [0.1, 0.15) is 6.33 Å². The smallest absolute Gasteiger partial charge is 0.252 e. The molecule has 1 N–H and O–H groups in total. The number of nitrogens with zero attached hydrogens (tertiary/aromatic N) is 4. The van der Waals surface area contributed by atoms with Gasteiger partial charge in [-0.25, -0.2) is 4.98 Å². The molecule has 2 saturated carbocycles. The molecule has 0 spiro atoms. The summed E-state index contributed by atoms with van der Waals surface area (Å²) in [6, 6.07) is 4.67. The van der Waals surface area contributed by atoms with Gasteiger partial charge in [0, 0.05) is 23.4 Å². The van der Waals surface area contributed by atoms with Crippen LogP contribution in [0.4, 0.5) is 0 Å². The maximum atomic E-state index is 12.1. The van der Waals surface area contributed by atoms with E-state index in [1.54, 1.807) is 17.7 Å². The number of aromatic nitrogens is 4. The molecule has 4 aliphatic rings. The zero-order chi connectivity index (χ0) is 21.7. The number of carbonyl (C=O) groups is 1. The average Bonchev–Trinajstić information content (AvgIpc) is 3.52. The van der Waals surface area contributed by atoms with Crippen LogP contribution < -0.4 is 5.32 Å². The lowest BCUT2D eigenvalue weighted by Crippen LogP contribution is -2.61. The third-order valence-electron chi connectivity index (χ3n) is 9.73. The second kappa shape index (κ2) is 6.40. The van der Waals surface area contributed by atoms with Crippen molar-refractivity contribution >= 4 is 23.0 Å². The van der Waals surface area contributed by atoms with Crippen LogP contribution in [0.5, 0.6) is 0 Å². The van der Waals surface area contributed by atoms with Gasteiger partial charge < -0.3 is 5.32 Å². The summed E-state index contributed by atoms with van der Waals surface area (Å²) >= 11 is 1.77. The fourth-order valence-corrected chi connectivity index (χ4v) is 8.90. The van der Waals surface area contributed by atoms with Crippen LogP contribution in [-0.4, -0.2) is 31.5 Å². The Morgan fingerprint density at radius 1 is 1.19 bits per heavy atom. The Bertz CT molecular complexity index is 1230. The van der Waals surface area contributed by atoms with Crippen LogP contribution >= 0.6 is 11.3 Å². The van der Waals surface area contributed by atoms with E-state index < -0.39 is 0 Å². The highest BCUT2D eigenvalue weighted by Gasteiger charge is 2.60. The van der Waals surface area contributed by atoms with E-state index in [2.05, 4.69) is 46.8 Å². The van der Waals surface area contributed by atoms with Crippen molar-refractivity contribution in [3.8, 4) is 10.6 Å². The first-order valence-electron chi connectivity index (χ1n) is 12.1. The normalized spacial score (nSPS) is 38.0. The molecule has 1 amide bonds. The highest BCUT2D eigenvalue weighted by molar-refractivity contribution is 7.13. The summed E-state index contributed by atoms with van der Waals surface area (Å²) in [5.41, 5.74) is 4.19. The molecule has 6 nitrogen and oxygen atoms in total. The lowest BCUT2D eigenvalue weighted by molar-refractivity contribution is -0.134. The van der Waals surface area contributed by atoms with Gasteiger partial charge in [-0.2, -0.15) is 14.6 Å². The fraction of sp³-hybridized carbons (Fsp3) is 0.600. The van der Waals surface area contributed by atoms with E-state index in [0.29, 0.717) is 30.2 Å². The summed E-state index contributed by atoms with van der Waals surface area (Å²) in [4.78, 5) is 23.0. The van der Waals surface area contributed by atoms with Crippen molar-refractivity contribution < 1.29 is 4.79 Å².